The Labute approximate surface area is 100 Å². The maximum atomic E-state index is 12.8. The summed E-state index contributed by atoms with van der Waals surface area (Å²) in [6, 6.07) is 3.38. The Bertz CT molecular complexity index is 418. The standard InChI is InChI=1S/C13H16FNO2/c1-3-7-15(8-4-2)13(17)11-6-5-10(14)9-12(11)16/h3,5-6,9,16H,1,4,7-8H2,2H3. The molecule has 0 bridgehead atoms. The topological polar surface area (TPSA) is 40.5 Å². The van der Waals surface area contributed by atoms with Crippen molar-refractivity contribution in [1.29, 1.82) is 0 Å². The van der Waals surface area contributed by atoms with Crippen LogP contribution in [0.4, 0.5) is 4.39 Å². The number of benzene rings is 1. The zero-order chi connectivity index (χ0) is 12.8. The van der Waals surface area contributed by atoms with Crippen molar-refractivity contribution in [3.05, 3.63) is 42.2 Å². The maximum absolute atomic E-state index is 12.8. The Morgan fingerprint density at radius 1 is 1.59 bits per heavy atom. The average molecular weight is 237 g/mol. The molecule has 0 heterocycles. The molecule has 1 N–H and O–H groups in total. The minimum absolute atomic E-state index is 0.113. The van der Waals surface area contributed by atoms with Gasteiger partial charge in [0.1, 0.15) is 11.6 Å². The number of rotatable bonds is 5. The van der Waals surface area contributed by atoms with Gasteiger partial charge in [-0.05, 0) is 18.6 Å². The van der Waals surface area contributed by atoms with Crippen LogP contribution in [0.5, 0.6) is 5.75 Å². The number of nitrogens with zero attached hydrogens (tertiary/aromatic N) is 1. The molecule has 92 valence electrons. The van der Waals surface area contributed by atoms with Crippen molar-refractivity contribution in [3.8, 4) is 5.75 Å². The normalized spacial score (nSPS) is 10.0. The third-order valence-electron chi connectivity index (χ3n) is 2.32. The molecule has 1 aromatic rings. The van der Waals surface area contributed by atoms with Crippen LogP contribution in [-0.4, -0.2) is 29.0 Å². The van der Waals surface area contributed by atoms with Gasteiger partial charge in [-0.1, -0.05) is 13.0 Å². The minimum Gasteiger partial charge on any atom is -0.507 e. The van der Waals surface area contributed by atoms with Gasteiger partial charge < -0.3 is 10.0 Å². The monoisotopic (exact) mass is 237 g/mol. The molecule has 0 atom stereocenters. The highest BCUT2D eigenvalue weighted by atomic mass is 19.1. The molecule has 0 aromatic heterocycles. The van der Waals surface area contributed by atoms with Crippen LogP contribution in [0.15, 0.2) is 30.9 Å². The van der Waals surface area contributed by atoms with Crippen molar-refractivity contribution < 1.29 is 14.3 Å². The third kappa shape index (κ3) is 3.31. The van der Waals surface area contributed by atoms with Gasteiger partial charge >= 0.3 is 0 Å². The highest BCUT2D eigenvalue weighted by Crippen LogP contribution is 2.20. The summed E-state index contributed by atoms with van der Waals surface area (Å²) >= 11 is 0. The SMILES string of the molecule is C=CCN(CCC)C(=O)c1ccc(F)cc1O. The zero-order valence-electron chi connectivity index (χ0n) is 9.82. The predicted molar refractivity (Wildman–Crippen MR) is 64.5 cm³/mol. The average Bonchev–Trinajstić information content (AvgIpc) is 2.28. The van der Waals surface area contributed by atoms with Crippen LogP contribution in [0.1, 0.15) is 23.7 Å². The summed E-state index contributed by atoms with van der Waals surface area (Å²) < 4.78 is 12.8. The van der Waals surface area contributed by atoms with Crippen molar-refractivity contribution in [2.24, 2.45) is 0 Å². The number of hydrogen-bond acceptors (Lipinski definition) is 2. The van der Waals surface area contributed by atoms with Crippen LogP contribution < -0.4 is 0 Å². The Morgan fingerprint density at radius 3 is 2.82 bits per heavy atom. The molecule has 0 fully saturated rings. The van der Waals surface area contributed by atoms with E-state index >= 15 is 0 Å². The van der Waals surface area contributed by atoms with E-state index < -0.39 is 5.82 Å². The van der Waals surface area contributed by atoms with Crippen LogP contribution in [-0.2, 0) is 0 Å². The molecule has 1 rings (SSSR count). The predicted octanol–water partition coefficient (Wildman–Crippen LogP) is 2.57. The van der Waals surface area contributed by atoms with E-state index in [0.717, 1.165) is 18.6 Å². The zero-order valence-corrected chi connectivity index (χ0v) is 9.82. The molecule has 0 saturated heterocycles. The van der Waals surface area contributed by atoms with Crippen LogP contribution in [0, 0.1) is 5.82 Å². The second kappa shape index (κ2) is 6.03. The fourth-order valence-electron chi connectivity index (χ4n) is 1.56. The number of phenolic OH excluding ortho intramolecular Hbond substituents is 1. The van der Waals surface area contributed by atoms with Crippen molar-refractivity contribution in [2.75, 3.05) is 13.1 Å². The number of halogens is 1. The molecule has 0 spiro atoms. The first-order valence-electron chi connectivity index (χ1n) is 5.48. The molecule has 0 aliphatic carbocycles. The first-order chi connectivity index (χ1) is 8.10. The summed E-state index contributed by atoms with van der Waals surface area (Å²) in [5.41, 5.74) is 0.113. The lowest BCUT2D eigenvalue weighted by Crippen LogP contribution is -2.31. The number of carbonyl (C=O) groups excluding carboxylic acids is 1. The van der Waals surface area contributed by atoms with E-state index in [1.165, 1.54) is 6.07 Å². The highest BCUT2D eigenvalue weighted by Gasteiger charge is 2.17. The van der Waals surface area contributed by atoms with Crippen molar-refractivity contribution in [1.82, 2.24) is 4.90 Å². The van der Waals surface area contributed by atoms with E-state index in [4.69, 9.17) is 0 Å². The number of carbonyl (C=O) groups is 1. The van der Waals surface area contributed by atoms with Crippen LogP contribution in [0.25, 0.3) is 0 Å². The van der Waals surface area contributed by atoms with E-state index in [2.05, 4.69) is 6.58 Å². The Hall–Kier alpha value is -1.84. The summed E-state index contributed by atoms with van der Waals surface area (Å²) in [7, 11) is 0. The summed E-state index contributed by atoms with van der Waals surface area (Å²) in [5.74, 6) is -1.21. The summed E-state index contributed by atoms with van der Waals surface area (Å²) in [4.78, 5) is 13.6. The molecule has 4 heteroatoms. The fraction of sp³-hybridized carbons (Fsp3) is 0.308. The van der Waals surface area contributed by atoms with Gasteiger partial charge in [0.25, 0.3) is 5.91 Å². The quantitative estimate of drug-likeness (QED) is 0.799. The number of phenols is 1. The molecule has 1 amide bonds. The summed E-state index contributed by atoms with van der Waals surface area (Å²) in [5, 5.41) is 9.53. The Kier molecular flexibility index (Phi) is 4.69. The van der Waals surface area contributed by atoms with Gasteiger partial charge in [-0.2, -0.15) is 0 Å². The lowest BCUT2D eigenvalue weighted by molar-refractivity contribution is 0.0771. The molecular formula is C13H16FNO2. The van der Waals surface area contributed by atoms with Crippen molar-refractivity contribution in [2.45, 2.75) is 13.3 Å². The molecule has 0 unspecified atom stereocenters. The lowest BCUT2D eigenvalue weighted by atomic mass is 10.1. The van der Waals surface area contributed by atoms with Gasteiger partial charge in [0, 0.05) is 19.2 Å². The highest BCUT2D eigenvalue weighted by molar-refractivity contribution is 5.96. The largest absolute Gasteiger partial charge is 0.507 e. The van der Waals surface area contributed by atoms with Crippen LogP contribution in [0.3, 0.4) is 0 Å². The van der Waals surface area contributed by atoms with Gasteiger partial charge in [0.05, 0.1) is 5.56 Å². The molecule has 1 aromatic carbocycles. The summed E-state index contributed by atoms with van der Waals surface area (Å²) in [6.45, 7) is 6.51. The molecule has 0 saturated carbocycles. The molecule has 0 radical (unpaired) electrons. The van der Waals surface area contributed by atoms with E-state index in [1.54, 1.807) is 11.0 Å². The minimum atomic E-state index is -0.565. The van der Waals surface area contributed by atoms with Crippen molar-refractivity contribution >= 4 is 5.91 Å². The summed E-state index contributed by atoms with van der Waals surface area (Å²) in [6.07, 6.45) is 2.43. The number of hydrogen-bond donors (Lipinski definition) is 1. The van der Waals surface area contributed by atoms with Crippen LogP contribution >= 0.6 is 0 Å². The Balaban J connectivity index is 2.96. The number of amides is 1. The molecule has 0 aliphatic rings. The second-order valence-electron chi connectivity index (χ2n) is 3.70. The smallest absolute Gasteiger partial charge is 0.257 e. The van der Waals surface area contributed by atoms with Gasteiger partial charge in [-0.25, -0.2) is 4.39 Å². The molecule has 3 nitrogen and oxygen atoms in total. The lowest BCUT2D eigenvalue weighted by Gasteiger charge is -2.20. The first kappa shape index (κ1) is 13.2. The van der Waals surface area contributed by atoms with Crippen molar-refractivity contribution in [3.63, 3.8) is 0 Å². The van der Waals surface area contributed by atoms with E-state index in [-0.39, 0.29) is 17.2 Å². The van der Waals surface area contributed by atoms with Crippen LogP contribution in [0.2, 0.25) is 0 Å². The first-order valence-corrected chi connectivity index (χ1v) is 5.48. The fourth-order valence-corrected chi connectivity index (χ4v) is 1.56. The Morgan fingerprint density at radius 2 is 2.29 bits per heavy atom. The molecule has 17 heavy (non-hydrogen) atoms. The maximum Gasteiger partial charge on any atom is 0.257 e. The molecular weight excluding hydrogens is 221 g/mol. The van der Waals surface area contributed by atoms with E-state index in [0.29, 0.717) is 13.1 Å². The van der Waals surface area contributed by atoms with Gasteiger partial charge in [-0.15, -0.1) is 6.58 Å². The number of aromatic hydroxyl groups is 1. The second-order valence-corrected chi connectivity index (χ2v) is 3.70. The van der Waals surface area contributed by atoms with Gasteiger partial charge in [0.15, 0.2) is 0 Å². The van der Waals surface area contributed by atoms with E-state index in [1.807, 2.05) is 6.92 Å². The van der Waals surface area contributed by atoms with E-state index in [9.17, 15) is 14.3 Å². The van der Waals surface area contributed by atoms with Gasteiger partial charge in [0.2, 0.25) is 0 Å². The van der Waals surface area contributed by atoms with Gasteiger partial charge in [-0.3, -0.25) is 4.79 Å². The molecule has 0 aliphatic heterocycles. The third-order valence-corrected chi connectivity index (χ3v) is 2.32.